The van der Waals surface area contributed by atoms with Gasteiger partial charge in [0.2, 0.25) is 5.95 Å². The highest BCUT2D eigenvalue weighted by molar-refractivity contribution is 5.78. The second kappa shape index (κ2) is 6.71. The maximum absolute atomic E-state index is 12.8. The number of hydrogen-bond donors (Lipinski definition) is 1. The number of nitrogens with zero attached hydrogens (tertiary/aromatic N) is 5. The van der Waals surface area contributed by atoms with Gasteiger partial charge in [0.25, 0.3) is 0 Å². The van der Waals surface area contributed by atoms with Gasteiger partial charge in [0.15, 0.2) is 0 Å². The first-order chi connectivity index (χ1) is 12.9. The Hall–Kier alpha value is -2.84. The summed E-state index contributed by atoms with van der Waals surface area (Å²) >= 11 is 0. The first kappa shape index (κ1) is 17.6. The Balaban J connectivity index is 1.42. The topological polar surface area (TPSA) is 58.9 Å². The number of anilines is 2. The van der Waals surface area contributed by atoms with Gasteiger partial charge in [0.1, 0.15) is 17.8 Å². The number of piperidine rings is 1. The largest absolute Gasteiger partial charge is 0.433 e. The molecule has 142 valence electrons. The number of alkyl halides is 3. The molecule has 1 saturated heterocycles. The summed E-state index contributed by atoms with van der Waals surface area (Å²) in [5, 5.41) is 3.10. The third-order valence-electron chi connectivity index (χ3n) is 4.85. The normalized spacial score (nSPS) is 16.1. The Labute approximate surface area is 154 Å². The van der Waals surface area contributed by atoms with Gasteiger partial charge in [-0.1, -0.05) is 12.1 Å². The van der Waals surface area contributed by atoms with Crippen LogP contribution in [0.5, 0.6) is 0 Å². The van der Waals surface area contributed by atoms with Crippen LogP contribution in [0.1, 0.15) is 18.5 Å². The van der Waals surface area contributed by atoms with Crippen molar-refractivity contribution < 1.29 is 13.2 Å². The fourth-order valence-electron chi connectivity index (χ4n) is 3.44. The maximum atomic E-state index is 12.8. The summed E-state index contributed by atoms with van der Waals surface area (Å²) in [5.41, 5.74) is 1.10. The molecular formula is C18H19F3N6. The molecule has 1 aromatic carbocycles. The predicted molar refractivity (Wildman–Crippen MR) is 96.6 cm³/mol. The van der Waals surface area contributed by atoms with E-state index in [0.29, 0.717) is 0 Å². The van der Waals surface area contributed by atoms with Gasteiger partial charge in [0.05, 0.1) is 11.0 Å². The van der Waals surface area contributed by atoms with E-state index >= 15 is 0 Å². The molecule has 3 aromatic rings. The summed E-state index contributed by atoms with van der Waals surface area (Å²) < 4.78 is 40.4. The zero-order chi connectivity index (χ0) is 19.0. The molecule has 4 rings (SSSR count). The fourth-order valence-corrected chi connectivity index (χ4v) is 3.44. The van der Waals surface area contributed by atoms with Crippen LogP contribution in [0.4, 0.5) is 24.9 Å². The van der Waals surface area contributed by atoms with Crippen molar-refractivity contribution in [3.8, 4) is 0 Å². The molecular weight excluding hydrogens is 357 g/mol. The molecule has 0 bridgehead atoms. The first-order valence-corrected chi connectivity index (χ1v) is 8.74. The third kappa shape index (κ3) is 3.54. The Morgan fingerprint density at radius 3 is 2.56 bits per heavy atom. The van der Waals surface area contributed by atoms with E-state index in [0.717, 1.165) is 55.3 Å². The summed E-state index contributed by atoms with van der Waals surface area (Å²) in [5.74, 6) is 1.12. The molecule has 27 heavy (non-hydrogen) atoms. The molecule has 0 atom stereocenters. The maximum Gasteiger partial charge on any atom is 0.433 e. The zero-order valence-corrected chi connectivity index (χ0v) is 14.7. The van der Waals surface area contributed by atoms with Gasteiger partial charge in [-0.05, 0) is 25.0 Å². The van der Waals surface area contributed by atoms with Crippen LogP contribution in [-0.2, 0) is 13.2 Å². The number of aromatic nitrogens is 4. The third-order valence-corrected chi connectivity index (χ3v) is 4.85. The van der Waals surface area contributed by atoms with E-state index in [1.165, 1.54) is 0 Å². The number of halogens is 3. The van der Waals surface area contributed by atoms with Crippen molar-refractivity contribution in [2.45, 2.75) is 25.1 Å². The summed E-state index contributed by atoms with van der Waals surface area (Å²) in [6.45, 7) is 1.54. The molecule has 1 aliphatic heterocycles. The summed E-state index contributed by atoms with van der Waals surface area (Å²) in [6.07, 6.45) is -1.95. The van der Waals surface area contributed by atoms with Crippen molar-refractivity contribution in [1.82, 2.24) is 19.5 Å². The molecule has 1 N–H and O–H groups in total. The molecule has 1 aliphatic rings. The number of imidazole rings is 1. The van der Waals surface area contributed by atoms with Crippen LogP contribution in [0.25, 0.3) is 11.0 Å². The molecule has 0 spiro atoms. The van der Waals surface area contributed by atoms with Gasteiger partial charge < -0.3 is 14.8 Å². The molecule has 6 nitrogen and oxygen atoms in total. The van der Waals surface area contributed by atoms with Crippen LogP contribution in [0, 0.1) is 0 Å². The highest BCUT2D eigenvalue weighted by atomic mass is 19.4. The van der Waals surface area contributed by atoms with Crippen molar-refractivity contribution >= 4 is 22.8 Å². The Morgan fingerprint density at radius 1 is 1.11 bits per heavy atom. The highest BCUT2D eigenvalue weighted by Gasteiger charge is 2.33. The van der Waals surface area contributed by atoms with E-state index in [-0.39, 0.29) is 11.9 Å². The van der Waals surface area contributed by atoms with E-state index in [2.05, 4.69) is 24.8 Å². The minimum Gasteiger partial charge on any atom is -0.367 e. The summed E-state index contributed by atoms with van der Waals surface area (Å²) in [6, 6.07) is 8.99. The number of fused-ring (bicyclic) bond motifs is 1. The Kier molecular flexibility index (Phi) is 4.37. The average molecular weight is 376 g/mol. The second-order valence-corrected chi connectivity index (χ2v) is 6.65. The van der Waals surface area contributed by atoms with E-state index in [1.807, 2.05) is 31.3 Å². The van der Waals surface area contributed by atoms with E-state index in [1.54, 1.807) is 0 Å². The zero-order valence-electron chi connectivity index (χ0n) is 14.7. The molecule has 3 heterocycles. The van der Waals surface area contributed by atoms with Gasteiger partial charge in [-0.3, -0.25) is 0 Å². The van der Waals surface area contributed by atoms with E-state index < -0.39 is 11.9 Å². The Bertz CT molecular complexity index is 944. The number of benzene rings is 1. The Morgan fingerprint density at radius 2 is 1.85 bits per heavy atom. The van der Waals surface area contributed by atoms with Crippen LogP contribution in [0.3, 0.4) is 0 Å². The monoisotopic (exact) mass is 376 g/mol. The molecule has 0 unspecified atom stereocenters. The van der Waals surface area contributed by atoms with Gasteiger partial charge in [-0.15, -0.1) is 0 Å². The van der Waals surface area contributed by atoms with Gasteiger partial charge in [-0.2, -0.15) is 13.2 Å². The number of para-hydroxylation sites is 2. The standard InChI is InChI=1S/C18H19F3N6/c1-26-14-5-3-2-4-13(14)25-17(26)27-8-6-12(7-9-27)24-16-10-15(18(19,20)21)22-11-23-16/h2-5,10-12H,6-9H2,1H3,(H,22,23,24). The van der Waals surface area contributed by atoms with E-state index in [9.17, 15) is 13.2 Å². The average Bonchev–Trinajstić information content (AvgIpc) is 2.99. The summed E-state index contributed by atoms with van der Waals surface area (Å²) in [7, 11) is 1.99. The number of hydrogen-bond acceptors (Lipinski definition) is 5. The van der Waals surface area contributed by atoms with Crippen molar-refractivity contribution in [2.24, 2.45) is 7.05 Å². The van der Waals surface area contributed by atoms with Gasteiger partial charge in [-0.25, -0.2) is 15.0 Å². The van der Waals surface area contributed by atoms with Crippen molar-refractivity contribution in [3.05, 3.63) is 42.4 Å². The lowest BCUT2D eigenvalue weighted by Crippen LogP contribution is -2.40. The van der Waals surface area contributed by atoms with Crippen LogP contribution >= 0.6 is 0 Å². The molecule has 9 heteroatoms. The number of nitrogens with one attached hydrogen (secondary N) is 1. The van der Waals surface area contributed by atoms with Crippen molar-refractivity contribution in [1.29, 1.82) is 0 Å². The van der Waals surface area contributed by atoms with Crippen molar-refractivity contribution in [3.63, 3.8) is 0 Å². The number of rotatable bonds is 3. The van der Waals surface area contributed by atoms with E-state index in [4.69, 9.17) is 4.98 Å². The molecule has 2 aromatic heterocycles. The smallest absolute Gasteiger partial charge is 0.367 e. The SMILES string of the molecule is Cn1c(N2CCC(Nc3cc(C(F)(F)F)ncn3)CC2)nc2ccccc21. The highest BCUT2D eigenvalue weighted by Crippen LogP contribution is 2.29. The van der Waals surface area contributed by atoms with Crippen molar-refractivity contribution in [2.75, 3.05) is 23.3 Å². The first-order valence-electron chi connectivity index (χ1n) is 8.74. The fraction of sp³-hybridized carbons (Fsp3) is 0.389. The minimum absolute atomic E-state index is 0.0620. The quantitative estimate of drug-likeness (QED) is 0.759. The molecule has 0 saturated carbocycles. The van der Waals surface area contributed by atoms with Crippen LogP contribution in [-0.4, -0.2) is 38.7 Å². The molecule has 0 radical (unpaired) electrons. The second-order valence-electron chi connectivity index (χ2n) is 6.65. The lowest BCUT2D eigenvalue weighted by atomic mass is 10.1. The lowest BCUT2D eigenvalue weighted by Gasteiger charge is -2.33. The van der Waals surface area contributed by atoms with Crippen LogP contribution < -0.4 is 10.2 Å². The molecule has 0 amide bonds. The minimum atomic E-state index is -4.47. The lowest BCUT2D eigenvalue weighted by molar-refractivity contribution is -0.141. The number of aryl methyl sites for hydroxylation is 1. The van der Waals surface area contributed by atoms with Gasteiger partial charge in [0, 0.05) is 32.2 Å². The van der Waals surface area contributed by atoms with Gasteiger partial charge >= 0.3 is 6.18 Å². The van der Waals surface area contributed by atoms with Crippen LogP contribution in [0.2, 0.25) is 0 Å². The predicted octanol–water partition coefficient (Wildman–Crippen LogP) is 3.46. The molecule has 1 fully saturated rings. The van der Waals surface area contributed by atoms with Crippen LogP contribution in [0.15, 0.2) is 36.7 Å². The molecule has 0 aliphatic carbocycles. The summed E-state index contributed by atoms with van der Waals surface area (Å²) in [4.78, 5) is 14.1.